The Morgan fingerprint density at radius 3 is 1.74 bits per heavy atom. The average molecular weight is 760 g/mol. The van der Waals surface area contributed by atoms with Gasteiger partial charge >= 0.3 is 0 Å². The van der Waals surface area contributed by atoms with Crippen molar-refractivity contribution < 1.29 is 46.6 Å². The lowest BCUT2D eigenvalue weighted by atomic mass is 9.97. The molecule has 0 bridgehead atoms. The van der Waals surface area contributed by atoms with Gasteiger partial charge in [0.1, 0.15) is 0 Å². The number of fused-ring (bicyclic) bond motifs is 10. The minimum absolute atomic E-state index is 0.510. The van der Waals surface area contributed by atoms with Crippen molar-refractivity contribution in [2.45, 2.75) is 0 Å². The first-order chi connectivity index (χ1) is 42.4. The van der Waals surface area contributed by atoms with Crippen molar-refractivity contribution in [3.63, 3.8) is 0 Å². The van der Waals surface area contributed by atoms with E-state index in [9.17, 15) is 24.7 Å². The fourth-order valence-electron chi connectivity index (χ4n) is 7.28. The third kappa shape index (κ3) is 4.66. The Balaban J connectivity index is 1.38. The van der Waals surface area contributed by atoms with Gasteiger partial charge in [-0.15, -0.1) is 0 Å². The van der Waals surface area contributed by atoms with Crippen LogP contribution in [0.4, 0.5) is 0 Å². The maximum absolute atomic E-state index is 10.00. The van der Waals surface area contributed by atoms with Gasteiger partial charge < -0.3 is 13.7 Å². The first-order valence-corrected chi connectivity index (χ1v) is 16.8. The number of hydrogen-bond donors (Lipinski definition) is 0. The Kier molecular flexibility index (Phi) is 2.84. The fourth-order valence-corrected chi connectivity index (χ4v) is 7.28. The van der Waals surface area contributed by atoms with Crippen LogP contribution in [0.3, 0.4) is 0 Å². The summed E-state index contributed by atoms with van der Waals surface area (Å²) in [6.07, 6.45) is 0. The van der Waals surface area contributed by atoms with Crippen LogP contribution in [0.5, 0.6) is 0 Å². The van der Waals surface area contributed by atoms with E-state index in [0.717, 1.165) is 10.6 Å². The molecular formula is C54H35N3. The Labute approximate surface area is 377 Å². The summed E-state index contributed by atoms with van der Waals surface area (Å²) in [5, 5.41) is -3.72. The molecule has 0 aliphatic rings. The Morgan fingerprint density at radius 2 is 0.895 bits per heavy atom. The van der Waals surface area contributed by atoms with Crippen molar-refractivity contribution >= 4 is 65.4 Å². The van der Waals surface area contributed by atoms with Crippen molar-refractivity contribution in [3.05, 3.63) is 212 Å². The summed E-state index contributed by atoms with van der Waals surface area (Å²) >= 11 is 0. The van der Waals surface area contributed by atoms with E-state index in [1.54, 1.807) is 0 Å². The van der Waals surface area contributed by atoms with Crippen LogP contribution in [-0.4, -0.2) is 13.7 Å². The molecule has 3 aromatic heterocycles. The zero-order chi connectivity index (χ0) is 67.0. The van der Waals surface area contributed by atoms with Gasteiger partial charge in [0.25, 0.3) is 0 Å². The van der Waals surface area contributed by atoms with E-state index in [2.05, 4.69) is 0 Å². The first kappa shape index (κ1) is 13.0. The zero-order valence-corrected chi connectivity index (χ0v) is 28.4. The highest BCUT2D eigenvalue weighted by Crippen LogP contribution is 2.45. The molecular weight excluding hydrogens is 691 g/mol. The van der Waals surface area contributed by atoms with Gasteiger partial charge in [0.15, 0.2) is 0 Å². The lowest BCUT2D eigenvalue weighted by Crippen LogP contribution is -1.98. The Hall–Kier alpha value is -7.62. The van der Waals surface area contributed by atoms with Gasteiger partial charge in [-0.2, -0.15) is 0 Å². The minimum atomic E-state index is -1.18. The van der Waals surface area contributed by atoms with Gasteiger partial charge in [-0.05, 0) is 77.1 Å². The highest BCUT2D eigenvalue weighted by Gasteiger charge is 2.23. The van der Waals surface area contributed by atoms with Crippen molar-refractivity contribution in [3.8, 4) is 39.3 Å². The predicted molar refractivity (Wildman–Crippen MR) is 240 cm³/mol. The molecule has 0 N–H and O–H groups in total. The molecule has 0 atom stereocenters. The van der Waals surface area contributed by atoms with Gasteiger partial charge in [-0.3, -0.25) is 0 Å². The second-order valence-electron chi connectivity index (χ2n) is 12.3. The van der Waals surface area contributed by atoms with Crippen LogP contribution in [0.2, 0.25) is 0 Å². The fraction of sp³-hybridized carbons (Fsp3) is 0. The van der Waals surface area contributed by atoms with Crippen LogP contribution in [0.25, 0.3) is 105 Å². The number of nitrogens with zero attached hydrogens (tertiary/aromatic N) is 3. The summed E-state index contributed by atoms with van der Waals surface area (Å²) in [7, 11) is 0. The van der Waals surface area contributed by atoms with E-state index in [-0.39, 0.29) is 0 Å². The Morgan fingerprint density at radius 1 is 0.316 bits per heavy atom. The minimum Gasteiger partial charge on any atom is -0.309 e. The number of aromatic nitrogens is 3. The molecule has 3 heteroatoms. The largest absolute Gasteiger partial charge is 0.309 e. The molecule has 3 nitrogen and oxygen atoms in total. The molecule has 57 heavy (non-hydrogen) atoms. The van der Waals surface area contributed by atoms with Gasteiger partial charge in [0, 0.05) is 49.3 Å². The van der Waals surface area contributed by atoms with E-state index >= 15 is 0 Å². The number of benzene rings is 9. The SMILES string of the molecule is [2H]c1cc2c3c(-c4c([2H])c([2H])c([2H])c([2H])c4-n4c5c([2H])c([2H])c([2H])c([2H])c5c5c4c([2H])c([2H])c4c6c([2H])c([2H])c([2H])c([2H])c6n(-c6c([2H])c([2H])c([2H])c([2H])c6[2H])c45)c([2H])c([2H])c([2H])c3n(-c3c([2H])c([2H])c([2H])c(-c4c([2H])c([2H])c([2H])c([2H])c4[2H])c3[2H])c2c([2H])c1[2H]. The molecule has 0 radical (unpaired) electrons. The van der Waals surface area contributed by atoms with Gasteiger partial charge in [-0.1, -0.05) is 151 Å². The normalized spacial score (nSPS) is 20.2. The van der Waals surface area contributed by atoms with Crippen LogP contribution >= 0.6 is 0 Å². The summed E-state index contributed by atoms with van der Waals surface area (Å²) in [5.41, 5.74) is -10.6. The van der Waals surface area contributed by atoms with Crippen molar-refractivity contribution in [1.29, 1.82) is 0 Å². The van der Waals surface area contributed by atoms with Gasteiger partial charge in [0.2, 0.25) is 0 Å². The summed E-state index contributed by atoms with van der Waals surface area (Å²) in [6.45, 7) is 0. The summed E-state index contributed by atoms with van der Waals surface area (Å²) in [6, 6.07) is -33.4. The van der Waals surface area contributed by atoms with Crippen LogP contribution in [0, 0.1) is 0 Å². The number of hydrogen-bond acceptors (Lipinski definition) is 0. The standard InChI is InChI=1S/C54H35N3/c1-3-17-36(18-4-1)37-19-15-22-39(35-37)55-48-30-13-9-25-44(48)52-42(27-16-32-50(52)55)40-23-7-12-29-47(40)57-49-31-14-10-26-45(49)53-51(57)34-33-43-41-24-8-11-28-46(41)56(54(43)53)38-20-5-2-6-21-38/h1-35H/i1D,2D,3D,4D,5D,6D,7D,8D,9D,10D,11D,12D,13D,14D,15D,16D,17D,18D,19D,20D,21D,22D,23D,24D,26D,27D,28D,29D,30D,31D,32D,33D,34D,35D. The van der Waals surface area contributed by atoms with E-state index < -0.39 is 310 Å². The maximum Gasteiger partial charge on any atom is 0.0651 e. The molecule has 9 aromatic carbocycles. The summed E-state index contributed by atoms with van der Waals surface area (Å²) in [4.78, 5) is 0. The molecule has 12 rings (SSSR count). The molecule has 0 saturated heterocycles. The predicted octanol–water partition coefficient (Wildman–Crippen LogP) is 14.3. The highest BCUT2D eigenvalue weighted by molar-refractivity contribution is 6.26. The van der Waals surface area contributed by atoms with E-state index in [0.29, 0.717) is 9.13 Å². The third-order valence-electron chi connectivity index (χ3n) is 9.48. The van der Waals surface area contributed by atoms with Crippen LogP contribution < -0.4 is 0 Å². The molecule has 0 unspecified atom stereocenters. The molecule has 3 heterocycles. The van der Waals surface area contributed by atoms with Crippen LogP contribution in [-0.2, 0) is 0 Å². The summed E-state index contributed by atoms with van der Waals surface area (Å²) < 4.78 is 314. The average Bonchev–Trinajstić information content (AvgIpc) is 1.52. The molecule has 266 valence electrons. The van der Waals surface area contributed by atoms with Crippen molar-refractivity contribution in [2.24, 2.45) is 0 Å². The van der Waals surface area contributed by atoms with E-state index in [1.807, 2.05) is 0 Å². The van der Waals surface area contributed by atoms with Gasteiger partial charge in [0.05, 0.1) is 85.4 Å². The monoisotopic (exact) mass is 759 g/mol. The molecule has 12 aromatic rings. The van der Waals surface area contributed by atoms with Gasteiger partial charge in [-0.25, -0.2) is 0 Å². The number of rotatable bonds is 5. The lowest BCUT2D eigenvalue weighted by molar-refractivity contribution is 1.17. The second kappa shape index (κ2) is 12.5. The maximum atomic E-state index is 10.00. The van der Waals surface area contributed by atoms with E-state index in [1.165, 1.54) is 0 Å². The van der Waals surface area contributed by atoms with Crippen molar-refractivity contribution in [2.75, 3.05) is 0 Å². The highest BCUT2D eigenvalue weighted by atomic mass is 15.0. The van der Waals surface area contributed by atoms with E-state index in [4.69, 9.17) is 21.9 Å². The molecule has 0 aliphatic heterocycles. The van der Waals surface area contributed by atoms with Crippen molar-refractivity contribution in [1.82, 2.24) is 13.7 Å². The van der Waals surface area contributed by atoms with Crippen LogP contribution in [0.1, 0.15) is 46.6 Å². The lowest BCUT2D eigenvalue weighted by Gasteiger charge is -2.15. The van der Waals surface area contributed by atoms with Crippen LogP contribution in [0.15, 0.2) is 212 Å². The zero-order valence-electron chi connectivity index (χ0n) is 62.4. The second-order valence-corrected chi connectivity index (χ2v) is 12.3. The third-order valence-corrected chi connectivity index (χ3v) is 9.48. The molecule has 0 saturated carbocycles. The Bertz CT molecular complexity index is 5460. The summed E-state index contributed by atoms with van der Waals surface area (Å²) in [5.74, 6) is 0. The first-order valence-electron chi connectivity index (χ1n) is 33.8. The molecule has 0 fully saturated rings. The molecule has 0 amide bonds. The topological polar surface area (TPSA) is 14.8 Å². The quantitative estimate of drug-likeness (QED) is 0.166. The number of para-hydroxylation sites is 5. The smallest absolute Gasteiger partial charge is 0.0651 e. The molecule has 0 aliphatic carbocycles. The molecule has 0 spiro atoms.